The molecule has 0 unspecified atom stereocenters. The van der Waals surface area contributed by atoms with Crippen molar-refractivity contribution in [2.45, 2.75) is 24.5 Å². The first-order chi connectivity index (χ1) is 13.0. The quantitative estimate of drug-likeness (QED) is 0.557. The van der Waals surface area contributed by atoms with Gasteiger partial charge in [0.25, 0.3) is 0 Å². The van der Waals surface area contributed by atoms with Gasteiger partial charge in [0.05, 0.1) is 17.3 Å². The summed E-state index contributed by atoms with van der Waals surface area (Å²) in [6.07, 6.45) is 2.94. The Balaban J connectivity index is 1.27. The molecule has 5 rings (SSSR count). The second kappa shape index (κ2) is 5.97. The molecule has 6 nitrogen and oxygen atoms in total. The van der Waals surface area contributed by atoms with Crippen molar-refractivity contribution >= 4 is 34.2 Å². The van der Waals surface area contributed by atoms with E-state index in [1.807, 2.05) is 42.5 Å². The van der Waals surface area contributed by atoms with Crippen LogP contribution >= 0.6 is 11.6 Å². The van der Waals surface area contributed by atoms with Crippen LogP contribution < -0.4 is 10.6 Å². The lowest BCUT2D eigenvalue weighted by atomic mass is 9.86. The number of halogens is 1. The van der Waals surface area contributed by atoms with E-state index < -0.39 is 5.60 Å². The molecule has 2 aromatic carbocycles. The van der Waals surface area contributed by atoms with E-state index in [1.165, 1.54) is 0 Å². The highest BCUT2D eigenvalue weighted by Gasteiger charge is 2.62. The number of urea groups is 1. The highest BCUT2D eigenvalue weighted by atomic mass is 35.5. The van der Waals surface area contributed by atoms with Crippen LogP contribution in [0.1, 0.15) is 18.4 Å². The Kier molecular flexibility index (Phi) is 3.67. The molecule has 0 aliphatic heterocycles. The normalized spacial score (nSPS) is 28.7. The van der Waals surface area contributed by atoms with E-state index in [0.29, 0.717) is 17.9 Å². The fourth-order valence-corrected chi connectivity index (χ4v) is 4.76. The van der Waals surface area contributed by atoms with Crippen molar-refractivity contribution in [1.82, 2.24) is 15.5 Å². The van der Waals surface area contributed by atoms with Crippen molar-refractivity contribution in [3.8, 4) is 0 Å². The van der Waals surface area contributed by atoms with Gasteiger partial charge in [0, 0.05) is 22.1 Å². The zero-order chi connectivity index (χ0) is 18.6. The fraction of sp³-hybridized carbons (Fsp3) is 0.300. The van der Waals surface area contributed by atoms with E-state index in [4.69, 9.17) is 11.6 Å². The molecule has 3 aromatic rings. The van der Waals surface area contributed by atoms with Crippen LogP contribution in [-0.2, 0) is 5.60 Å². The molecular weight excluding hydrogens is 364 g/mol. The zero-order valence-corrected chi connectivity index (χ0v) is 15.2. The molecule has 0 radical (unpaired) electrons. The number of carbonyl (C=O) groups excluding carboxylic acids is 1. The number of nitrogens with zero attached hydrogens (tertiary/aromatic N) is 1. The predicted octanol–water partition coefficient (Wildman–Crippen LogP) is 3.63. The average molecular weight is 383 g/mol. The molecule has 2 saturated carbocycles. The Morgan fingerprint density at radius 1 is 1.22 bits per heavy atom. The summed E-state index contributed by atoms with van der Waals surface area (Å²) < 4.78 is 0. The SMILES string of the molecule is O=C(Nc1ccccc1)N[C@H]1[C@@H]2C[C@@](O)(c3cc(Cl)cc4[nH]ncc34)C[C@@H]21. The summed E-state index contributed by atoms with van der Waals surface area (Å²) in [4.78, 5) is 12.2. The maximum Gasteiger partial charge on any atom is 0.319 e. The summed E-state index contributed by atoms with van der Waals surface area (Å²) in [6, 6.07) is 12.9. The molecule has 7 heteroatoms. The van der Waals surface area contributed by atoms with E-state index in [0.717, 1.165) is 22.2 Å². The summed E-state index contributed by atoms with van der Waals surface area (Å²) >= 11 is 6.22. The highest BCUT2D eigenvalue weighted by Crippen LogP contribution is 2.60. The Hall–Kier alpha value is -2.57. The van der Waals surface area contributed by atoms with Gasteiger partial charge in [-0.15, -0.1) is 0 Å². The van der Waals surface area contributed by atoms with Crippen LogP contribution in [0.5, 0.6) is 0 Å². The van der Waals surface area contributed by atoms with Crippen molar-refractivity contribution < 1.29 is 9.90 Å². The molecule has 2 aliphatic carbocycles. The van der Waals surface area contributed by atoms with Crippen molar-refractivity contribution in [2.24, 2.45) is 11.8 Å². The van der Waals surface area contributed by atoms with Gasteiger partial charge in [0.15, 0.2) is 0 Å². The highest BCUT2D eigenvalue weighted by molar-refractivity contribution is 6.31. The van der Waals surface area contributed by atoms with Crippen molar-refractivity contribution in [2.75, 3.05) is 5.32 Å². The Bertz CT molecular complexity index is 1010. The summed E-state index contributed by atoms with van der Waals surface area (Å²) in [6.45, 7) is 0. The summed E-state index contributed by atoms with van der Waals surface area (Å²) in [5.74, 6) is 0.551. The first-order valence-corrected chi connectivity index (χ1v) is 9.39. The number of aromatic nitrogens is 2. The van der Waals surface area contributed by atoms with Gasteiger partial charge in [0.1, 0.15) is 0 Å². The third-order valence-corrected chi connectivity index (χ3v) is 6.05. The van der Waals surface area contributed by atoms with E-state index >= 15 is 0 Å². The van der Waals surface area contributed by atoms with Crippen molar-refractivity contribution in [3.05, 3.63) is 59.2 Å². The number of hydrogen-bond donors (Lipinski definition) is 4. The number of fused-ring (bicyclic) bond motifs is 2. The average Bonchev–Trinajstić information content (AvgIpc) is 3.02. The first kappa shape index (κ1) is 16.6. The molecule has 1 aromatic heterocycles. The minimum Gasteiger partial charge on any atom is -0.385 e. The van der Waals surface area contributed by atoms with E-state index in [-0.39, 0.29) is 23.9 Å². The number of para-hydroxylation sites is 1. The molecule has 0 saturated heterocycles. The number of aliphatic hydroxyl groups is 1. The molecule has 1 heterocycles. The zero-order valence-electron chi connectivity index (χ0n) is 14.4. The number of benzene rings is 2. The minimum absolute atomic E-state index is 0.105. The maximum atomic E-state index is 12.2. The van der Waals surface area contributed by atoms with Crippen LogP contribution in [-0.4, -0.2) is 27.4 Å². The number of nitrogens with one attached hydrogen (secondary N) is 3. The maximum absolute atomic E-state index is 12.2. The second-order valence-corrected chi connectivity index (χ2v) is 7.98. The molecule has 4 atom stereocenters. The fourth-order valence-electron chi connectivity index (χ4n) is 4.54. The summed E-state index contributed by atoms with van der Waals surface area (Å²) in [7, 11) is 0. The molecule has 2 aliphatic rings. The number of rotatable bonds is 3. The predicted molar refractivity (Wildman–Crippen MR) is 104 cm³/mol. The lowest BCUT2D eigenvalue weighted by Crippen LogP contribution is -2.36. The van der Waals surface area contributed by atoms with Crippen LogP contribution in [0, 0.1) is 11.8 Å². The van der Waals surface area contributed by atoms with Crippen LogP contribution in [0.2, 0.25) is 5.02 Å². The van der Waals surface area contributed by atoms with Crippen LogP contribution in [0.4, 0.5) is 10.5 Å². The number of anilines is 1. The standard InChI is InChI=1S/C20H19ClN4O2/c21-11-6-16(15-10-22-25-17(15)7-11)20(27)8-13-14(9-20)18(13)24-19(26)23-12-4-2-1-3-5-12/h1-7,10,13-14,18,27H,8-9H2,(H,22,25)(H2,23,24,26)/t13-,14+,18+,20+. The first-order valence-electron chi connectivity index (χ1n) is 9.01. The second-order valence-electron chi connectivity index (χ2n) is 7.54. The molecule has 0 spiro atoms. The molecule has 2 amide bonds. The number of aromatic amines is 1. The van der Waals surface area contributed by atoms with Gasteiger partial charge in [-0.2, -0.15) is 5.10 Å². The monoisotopic (exact) mass is 382 g/mol. The van der Waals surface area contributed by atoms with Gasteiger partial charge >= 0.3 is 6.03 Å². The molecule has 27 heavy (non-hydrogen) atoms. The topological polar surface area (TPSA) is 90.0 Å². The van der Waals surface area contributed by atoms with E-state index in [2.05, 4.69) is 20.8 Å². The third-order valence-electron chi connectivity index (χ3n) is 5.83. The Morgan fingerprint density at radius 3 is 2.70 bits per heavy atom. The Morgan fingerprint density at radius 2 is 1.96 bits per heavy atom. The van der Waals surface area contributed by atoms with E-state index in [9.17, 15) is 9.90 Å². The van der Waals surface area contributed by atoms with Gasteiger partial charge in [0.2, 0.25) is 0 Å². The molecule has 2 fully saturated rings. The summed E-state index contributed by atoms with van der Waals surface area (Å²) in [5.41, 5.74) is 1.47. The van der Waals surface area contributed by atoms with Gasteiger partial charge in [-0.05, 0) is 54.5 Å². The summed E-state index contributed by atoms with van der Waals surface area (Å²) in [5, 5.41) is 25.6. The van der Waals surface area contributed by atoms with Crippen molar-refractivity contribution in [3.63, 3.8) is 0 Å². The molecular formula is C20H19ClN4O2. The van der Waals surface area contributed by atoms with Crippen LogP contribution in [0.15, 0.2) is 48.7 Å². The van der Waals surface area contributed by atoms with Crippen LogP contribution in [0.3, 0.4) is 0 Å². The van der Waals surface area contributed by atoms with Crippen LogP contribution in [0.25, 0.3) is 10.9 Å². The molecule has 4 N–H and O–H groups in total. The third kappa shape index (κ3) is 2.85. The minimum atomic E-state index is -0.934. The number of H-pyrrole nitrogens is 1. The van der Waals surface area contributed by atoms with Crippen molar-refractivity contribution in [1.29, 1.82) is 0 Å². The lowest BCUT2D eigenvalue weighted by molar-refractivity contribution is 0.0300. The number of hydrogen-bond acceptors (Lipinski definition) is 3. The molecule has 138 valence electrons. The largest absolute Gasteiger partial charge is 0.385 e. The number of carbonyl (C=O) groups is 1. The van der Waals surface area contributed by atoms with Gasteiger partial charge in [-0.25, -0.2) is 4.79 Å². The van der Waals surface area contributed by atoms with Gasteiger partial charge < -0.3 is 15.7 Å². The van der Waals surface area contributed by atoms with Gasteiger partial charge in [-0.3, -0.25) is 5.10 Å². The lowest BCUT2D eigenvalue weighted by Gasteiger charge is -2.27. The molecule has 0 bridgehead atoms. The smallest absolute Gasteiger partial charge is 0.319 e. The number of amides is 2. The van der Waals surface area contributed by atoms with Gasteiger partial charge in [-0.1, -0.05) is 29.8 Å². The van der Waals surface area contributed by atoms with E-state index in [1.54, 1.807) is 6.20 Å². The Labute approximate surface area is 160 Å².